The van der Waals surface area contributed by atoms with Gasteiger partial charge in [0.25, 0.3) is 0 Å². The number of piperidine rings is 1. The Morgan fingerprint density at radius 1 is 1.16 bits per heavy atom. The predicted octanol–water partition coefficient (Wildman–Crippen LogP) is 5.58. The Hall–Kier alpha value is -1.67. The van der Waals surface area contributed by atoms with E-state index in [1.54, 1.807) is 19.1 Å². The van der Waals surface area contributed by atoms with E-state index in [1.165, 1.54) is 18.2 Å². The number of rotatable bonds is 6. The fraction of sp³-hybridized carbons (Fsp3) is 0.381. The molecule has 1 aliphatic heterocycles. The lowest BCUT2D eigenvalue weighted by atomic mass is 9.98. The van der Waals surface area contributed by atoms with Crippen LogP contribution in [0.15, 0.2) is 41.3 Å². The van der Waals surface area contributed by atoms with Crippen molar-refractivity contribution in [1.82, 2.24) is 4.90 Å². The van der Waals surface area contributed by atoms with E-state index in [1.807, 2.05) is 13.0 Å². The number of hydrogen-bond acceptors (Lipinski definition) is 5. The zero-order valence-electron chi connectivity index (χ0n) is 17.2. The molecule has 2 aromatic carbocycles. The van der Waals surface area contributed by atoms with Crippen LogP contribution in [0.25, 0.3) is 0 Å². The smallest absolute Gasteiger partial charge is 0.340 e. The van der Waals surface area contributed by atoms with Crippen molar-refractivity contribution in [2.75, 3.05) is 19.7 Å². The summed E-state index contributed by atoms with van der Waals surface area (Å²) in [6.07, 6.45) is 1.90. The molecule has 2 aromatic rings. The fourth-order valence-corrected chi connectivity index (χ4v) is 5.00. The number of nitrogens with one attached hydrogen (secondary N) is 1. The normalized spacial score (nSPS) is 14.6. The van der Waals surface area contributed by atoms with E-state index in [-0.39, 0.29) is 33.1 Å². The molecule has 0 aromatic heterocycles. The predicted molar refractivity (Wildman–Crippen MR) is 126 cm³/mol. The van der Waals surface area contributed by atoms with Gasteiger partial charge in [-0.15, -0.1) is 12.4 Å². The van der Waals surface area contributed by atoms with Crippen molar-refractivity contribution in [3.8, 4) is 11.5 Å². The largest absolute Gasteiger partial charge is 0.493 e. The zero-order chi connectivity index (χ0) is 21.9. The number of hydrogen-bond donors (Lipinski definition) is 1. The molecule has 10 heteroatoms. The van der Waals surface area contributed by atoms with Gasteiger partial charge in [0.1, 0.15) is 16.4 Å². The van der Waals surface area contributed by atoms with E-state index in [9.17, 15) is 8.42 Å². The molecule has 1 aliphatic rings. The van der Waals surface area contributed by atoms with E-state index in [0.717, 1.165) is 31.5 Å². The summed E-state index contributed by atoms with van der Waals surface area (Å²) in [4.78, 5) is 1.87. The third kappa shape index (κ3) is 6.65. The quantitative estimate of drug-likeness (QED) is 0.314. The van der Waals surface area contributed by atoms with Gasteiger partial charge in [-0.1, -0.05) is 29.3 Å². The van der Waals surface area contributed by atoms with E-state index in [0.29, 0.717) is 24.1 Å². The number of halogens is 3. The molecule has 6 nitrogen and oxygen atoms in total. The van der Waals surface area contributed by atoms with Gasteiger partial charge in [0.2, 0.25) is 0 Å². The van der Waals surface area contributed by atoms with Gasteiger partial charge in [-0.3, -0.25) is 5.41 Å². The van der Waals surface area contributed by atoms with Crippen LogP contribution in [-0.2, 0) is 10.1 Å². The lowest BCUT2D eigenvalue weighted by Crippen LogP contribution is -2.38. The van der Waals surface area contributed by atoms with Gasteiger partial charge in [0, 0.05) is 19.2 Å². The molecule has 1 fully saturated rings. The molecule has 0 amide bonds. The molecular formula is C21H25Cl3N2O4S. The highest BCUT2D eigenvalue weighted by Gasteiger charge is 2.23. The summed E-state index contributed by atoms with van der Waals surface area (Å²) < 4.78 is 36.5. The second kappa shape index (κ2) is 10.8. The zero-order valence-corrected chi connectivity index (χ0v) is 20.4. The van der Waals surface area contributed by atoms with Crippen LogP contribution >= 0.6 is 35.6 Å². The molecule has 0 atom stereocenters. The van der Waals surface area contributed by atoms with Gasteiger partial charge in [-0.05, 0) is 62.4 Å². The van der Waals surface area contributed by atoms with E-state index in [4.69, 9.17) is 37.5 Å². The summed E-state index contributed by atoms with van der Waals surface area (Å²) in [6, 6.07) is 9.37. The third-order valence-corrected chi connectivity index (χ3v) is 7.21. The molecule has 170 valence electrons. The number of nitrogens with zero attached hydrogens (tertiary/aromatic N) is 1. The fourth-order valence-electron chi connectivity index (χ4n) is 3.34. The van der Waals surface area contributed by atoms with Crippen LogP contribution in [0.4, 0.5) is 0 Å². The second-order valence-corrected chi connectivity index (χ2v) is 9.70. The number of aryl methyl sites for hydroxylation is 1. The van der Waals surface area contributed by atoms with Crippen LogP contribution in [0, 0.1) is 18.3 Å². The average molecular weight is 508 g/mol. The summed E-state index contributed by atoms with van der Waals surface area (Å²) in [5.74, 6) is 1.67. The molecule has 1 heterocycles. The van der Waals surface area contributed by atoms with E-state index < -0.39 is 10.1 Å². The van der Waals surface area contributed by atoms with Crippen molar-refractivity contribution in [2.45, 2.75) is 31.6 Å². The minimum atomic E-state index is -4.15. The topological polar surface area (TPSA) is 79.7 Å². The number of ether oxygens (including phenoxy) is 1. The Labute approximate surface area is 199 Å². The first-order chi connectivity index (χ1) is 14.2. The lowest BCUT2D eigenvalue weighted by Gasteiger charge is -2.32. The Bertz CT molecular complexity index is 1040. The van der Waals surface area contributed by atoms with Gasteiger partial charge >= 0.3 is 10.1 Å². The first kappa shape index (κ1) is 25.6. The Kier molecular flexibility index (Phi) is 8.89. The maximum atomic E-state index is 12.7. The first-order valence-corrected chi connectivity index (χ1v) is 11.8. The SMILES string of the molecule is CC(=N)N1CCC(COc2cc(C)cc(OS(=O)(=O)c3cccc(Cl)c3Cl)c2)CC1.Cl. The first-order valence-electron chi connectivity index (χ1n) is 9.59. The van der Waals surface area contributed by atoms with Crippen LogP contribution in [-0.4, -0.2) is 38.8 Å². The van der Waals surface area contributed by atoms with Gasteiger partial charge in [0.05, 0.1) is 22.5 Å². The van der Waals surface area contributed by atoms with Crippen molar-refractivity contribution in [3.05, 3.63) is 52.0 Å². The van der Waals surface area contributed by atoms with Crippen molar-refractivity contribution in [2.24, 2.45) is 5.92 Å². The molecule has 3 rings (SSSR count). The summed E-state index contributed by atoms with van der Waals surface area (Å²) in [7, 11) is -4.15. The Morgan fingerprint density at radius 2 is 1.81 bits per heavy atom. The number of likely N-dealkylation sites (tertiary alicyclic amines) is 1. The molecule has 0 aliphatic carbocycles. The minimum absolute atomic E-state index is 0. The summed E-state index contributed by atoms with van der Waals surface area (Å²) >= 11 is 12.0. The van der Waals surface area contributed by atoms with Crippen LogP contribution in [0.3, 0.4) is 0 Å². The maximum Gasteiger partial charge on any atom is 0.340 e. The third-order valence-electron chi connectivity index (χ3n) is 4.99. The molecule has 0 saturated carbocycles. The molecular weight excluding hydrogens is 483 g/mol. The highest BCUT2D eigenvalue weighted by Crippen LogP contribution is 2.32. The van der Waals surface area contributed by atoms with Crippen molar-refractivity contribution >= 4 is 51.6 Å². The summed E-state index contributed by atoms with van der Waals surface area (Å²) in [5.41, 5.74) is 0.809. The Balaban J connectivity index is 0.00000341. The lowest BCUT2D eigenvalue weighted by molar-refractivity contribution is 0.180. The molecule has 0 radical (unpaired) electrons. The molecule has 31 heavy (non-hydrogen) atoms. The van der Waals surface area contributed by atoms with Crippen LogP contribution in [0.5, 0.6) is 11.5 Å². The minimum Gasteiger partial charge on any atom is -0.493 e. The summed E-state index contributed by atoms with van der Waals surface area (Å²) in [5, 5.41) is 7.78. The average Bonchev–Trinajstić information content (AvgIpc) is 2.68. The van der Waals surface area contributed by atoms with Gasteiger partial charge in [-0.2, -0.15) is 8.42 Å². The summed E-state index contributed by atoms with van der Waals surface area (Å²) in [6.45, 7) is 5.87. The highest BCUT2D eigenvalue weighted by molar-refractivity contribution is 7.87. The van der Waals surface area contributed by atoms with Gasteiger partial charge in [0.15, 0.2) is 0 Å². The van der Waals surface area contributed by atoms with Crippen LogP contribution in [0.2, 0.25) is 10.0 Å². The Morgan fingerprint density at radius 3 is 2.45 bits per heavy atom. The highest BCUT2D eigenvalue weighted by atomic mass is 35.5. The van der Waals surface area contributed by atoms with E-state index in [2.05, 4.69) is 4.90 Å². The van der Waals surface area contributed by atoms with Crippen LogP contribution in [0.1, 0.15) is 25.3 Å². The van der Waals surface area contributed by atoms with Gasteiger partial charge < -0.3 is 13.8 Å². The molecule has 1 saturated heterocycles. The van der Waals surface area contributed by atoms with Crippen molar-refractivity contribution in [3.63, 3.8) is 0 Å². The van der Waals surface area contributed by atoms with Gasteiger partial charge in [-0.25, -0.2) is 0 Å². The molecule has 0 spiro atoms. The van der Waals surface area contributed by atoms with E-state index >= 15 is 0 Å². The molecule has 1 N–H and O–H groups in total. The standard InChI is InChI=1S/C21H24Cl2N2O4S.ClH/c1-14-10-17(28-13-16-6-8-25(9-7-16)15(2)24)12-18(11-14)29-30(26,27)20-5-3-4-19(22)21(20)23;/h3-5,10-12,16,24H,6-9,13H2,1-2H3;1H. The second-order valence-electron chi connectivity index (χ2n) is 7.40. The van der Waals surface area contributed by atoms with Crippen LogP contribution < -0.4 is 8.92 Å². The molecule has 0 unspecified atom stereocenters. The van der Waals surface area contributed by atoms with Crippen molar-refractivity contribution in [1.29, 1.82) is 5.41 Å². The molecule has 0 bridgehead atoms. The number of amidine groups is 1. The maximum absolute atomic E-state index is 12.7. The van der Waals surface area contributed by atoms with Crippen molar-refractivity contribution < 1.29 is 17.3 Å². The monoisotopic (exact) mass is 506 g/mol. The number of benzene rings is 2.